The van der Waals surface area contributed by atoms with Gasteiger partial charge in [-0.05, 0) is 35.4 Å². The van der Waals surface area contributed by atoms with Crippen LogP contribution in [0.1, 0.15) is 55.8 Å². The number of halogens is 1. The molecule has 2 aromatic carbocycles. The molecule has 0 aliphatic rings. The molecule has 0 aromatic heterocycles. The quantitative estimate of drug-likeness (QED) is 0.439. The number of benzene rings is 2. The zero-order valence-electron chi connectivity index (χ0n) is 12.0. The lowest BCUT2D eigenvalue weighted by Gasteiger charge is -2.04. The molecule has 106 valence electrons. The molecular formula is C18H21BrO. The fraction of sp³-hybridized carbons (Fsp3) is 0.389. The summed E-state index contributed by atoms with van der Waals surface area (Å²) in [4.78, 5) is 12.2. The van der Waals surface area contributed by atoms with Gasteiger partial charge in [0.15, 0.2) is 5.78 Å². The van der Waals surface area contributed by atoms with Crippen LogP contribution < -0.4 is 0 Å². The van der Waals surface area contributed by atoms with E-state index in [0.717, 1.165) is 21.8 Å². The maximum atomic E-state index is 12.2. The van der Waals surface area contributed by atoms with Crippen molar-refractivity contribution in [3.8, 4) is 0 Å². The van der Waals surface area contributed by atoms with E-state index in [4.69, 9.17) is 0 Å². The molecule has 1 nitrogen and oxygen atoms in total. The summed E-state index contributed by atoms with van der Waals surface area (Å²) < 4.78 is 1.07. The van der Waals surface area contributed by atoms with Gasteiger partial charge in [0.1, 0.15) is 0 Å². The maximum absolute atomic E-state index is 12.2. The van der Waals surface area contributed by atoms with Gasteiger partial charge < -0.3 is 0 Å². The molecule has 2 heteroatoms. The molecule has 0 N–H and O–H groups in total. The van der Waals surface area contributed by atoms with Crippen LogP contribution in [0, 0.1) is 0 Å². The molecular weight excluding hydrogens is 312 g/mol. The van der Waals surface area contributed by atoms with Crippen LogP contribution >= 0.6 is 15.9 Å². The zero-order valence-corrected chi connectivity index (χ0v) is 13.6. The first-order valence-electron chi connectivity index (χ1n) is 7.43. The van der Waals surface area contributed by atoms with Gasteiger partial charge in [0.05, 0.1) is 0 Å². The number of fused-ring (bicyclic) bond motifs is 1. The second-order valence-electron chi connectivity index (χ2n) is 5.29. The van der Waals surface area contributed by atoms with Crippen molar-refractivity contribution in [2.24, 2.45) is 0 Å². The average molecular weight is 333 g/mol. The fourth-order valence-corrected chi connectivity index (χ4v) is 2.80. The van der Waals surface area contributed by atoms with E-state index in [0.29, 0.717) is 6.42 Å². The Labute approximate surface area is 129 Å². The van der Waals surface area contributed by atoms with Crippen molar-refractivity contribution in [3.05, 3.63) is 46.4 Å². The van der Waals surface area contributed by atoms with Crippen molar-refractivity contribution in [3.63, 3.8) is 0 Å². The van der Waals surface area contributed by atoms with Crippen LogP contribution in [0.4, 0.5) is 0 Å². The third-order valence-corrected chi connectivity index (χ3v) is 4.12. The number of hydrogen-bond acceptors (Lipinski definition) is 1. The second kappa shape index (κ2) is 7.58. The molecule has 2 aromatic rings. The molecule has 0 unspecified atom stereocenters. The third kappa shape index (κ3) is 4.17. The minimum absolute atomic E-state index is 0.270. The molecule has 0 aliphatic heterocycles. The van der Waals surface area contributed by atoms with E-state index in [9.17, 15) is 4.79 Å². The molecule has 0 saturated carbocycles. The number of carbonyl (C=O) groups is 1. The lowest BCUT2D eigenvalue weighted by molar-refractivity contribution is 0.0979. The lowest BCUT2D eigenvalue weighted by atomic mass is 10.0. The number of carbonyl (C=O) groups excluding carboxylic acids is 1. The first-order valence-corrected chi connectivity index (χ1v) is 8.22. The molecule has 0 heterocycles. The number of ketones is 1. The van der Waals surface area contributed by atoms with Crippen LogP contribution in [0.25, 0.3) is 10.8 Å². The smallest absolute Gasteiger partial charge is 0.162 e. The molecule has 20 heavy (non-hydrogen) atoms. The van der Waals surface area contributed by atoms with Crippen LogP contribution in [0.3, 0.4) is 0 Å². The summed E-state index contributed by atoms with van der Waals surface area (Å²) in [5.41, 5.74) is 0.843. The highest BCUT2D eigenvalue weighted by Gasteiger charge is 2.06. The minimum Gasteiger partial charge on any atom is -0.294 e. The van der Waals surface area contributed by atoms with Crippen molar-refractivity contribution in [2.75, 3.05) is 0 Å². The van der Waals surface area contributed by atoms with E-state index in [1.165, 1.54) is 31.1 Å². The van der Waals surface area contributed by atoms with Crippen molar-refractivity contribution < 1.29 is 4.79 Å². The Bertz CT molecular complexity index is 589. The monoisotopic (exact) mass is 332 g/mol. The number of unbranched alkanes of at least 4 members (excludes halogenated alkanes) is 4. The van der Waals surface area contributed by atoms with Crippen molar-refractivity contribution >= 4 is 32.5 Å². The van der Waals surface area contributed by atoms with Crippen molar-refractivity contribution in [1.82, 2.24) is 0 Å². The van der Waals surface area contributed by atoms with Gasteiger partial charge in [-0.25, -0.2) is 0 Å². The number of hydrogen-bond donors (Lipinski definition) is 0. The third-order valence-electron chi connectivity index (χ3n) is 3.63. The minimum atomic E-state index is 0.270. The highest BCUT2D eigenvalue weighted by Crippen LogP contribution is 2.22. The Balaban J connectivity index is 1.98. The molecule has 0 saturated heterocycles. The summed E-state index contributed by atoms with van der Waals surface area (Å²) in [7, 11) is 0. The van der Waals surface area contributed by atoms with Crippen molar-refractivity contribution in [2.45, 2.75) is 45.4 Å². The Morgan fingerprint density at radius 1 is 0.950 bits per heavy atom. The Morgan fingerprint density at radius 2 is 1.65 bits per heavy atom. The molecule has 0 bridgehead atoms. The van der Waals surface area contributed by atoms with E-state index in [1.807, 2.05) is 24.3 Å². The molecule has 2 rings (SSSR count). The summed E-state index contributed by atoms with van der Waals surface area (Å²) in [6.45, 7) is 2.21. The Kier molecular flexibility index (Phi) is 5.78. The summed E-state index contributed by atoms with van der Waals surface area (Å²) >= 11 is 3.47. The van der Waals surface area contributed by atoms with Gasteiger partial charge in [0, 0.05) is 16.5 Å². The van der Waals surface area contributed by atoms with E-state index in [2.05, 4.69) is 35.0 Å². The predicted octanol–water partition coefficient (Wildman–Crippen LogP) is 6.15. The second-order valence-corrected chi connectivity index (χ2v) is 6.21. The van der Waals surface area contributed by atoms with E-state index < -0.39 is 0 Å². The van der Waals surface area contributed by atoms with E-state index in [-0.39, 0.29) is 5.78 Å². The van der Waals surface area contributed by atoms with Gasteiger partial charge in [-0.3, -0.25) is 4.79 Å². The molecule has 0 aliphatic carbocycles. The number of rotatable bonds is 7. The standard InChI is InChI=1S/C18H21BrO/c1-2-3-4-5-6-7-18(20)16-9-8-15-13-17(19)11-10-14(15)12-16/h8-13H,2-7H2,1H3. The molecule has 0 amide bonds. The molecule has 0 atom stereocenters. The predicted molar refractivity (Wildman–Crippen MR) is 89.4 cm³/mol. The van der Waals surface area contributed by atoms with E-state index >= 15 is 0 Å². The first-order chi connectivity index (χ1) is 9.70. The Hall–Kier alpha value is -1.15. The van der Waals surface area contributed by atoms with Gasteiger partial charge in [-0.1, -0.05) is 66.7 Å². The van der Waals surface area contributed by atoms with Gasteiger partial charge >= 0.3 is 0 Å². The number of Topliss-reactive ketones (excluding diaryl/α,β-unsaturated/α-hetero) is 1. The van der Waals surface area contributed by atoms with Crippen LogP contribution in [-0.2, 0) is 0 Å². The molecule has 0 radical (unpaired) electrons. The maximum Gasteiger partial charge on any atom is 0.162 e. The summed E-state index contributed by atoms with van der Waals surface area (Å²) in [6.07, 6.45) is 6.62. The molecule has 0 spiro atoms. The normalized spacial score (nSPS) is 10.9. The summed E-state index contributed by atoms with van der Waals surface area (Å²) in [5, 5.41) is 2.30. The zero-order chi connectivity index (χ0) is 14.4. The van der Waals surface area contributed by atoms with Gasteiger partial charge in [-0.15, -0.1) is 0 Å². The van der Waals surface area contributed by atoms with Gasteiger partial charge in [-0.2, -0.15) is 0 Å². The SMILES string of the molecule is CCCCCCCC(=O)c1ccc2cc(Br)ccc2c1. The van der Waals surface area contributed by atoms with Crippen LogP contribution in [0.15, 0.2) is 40.9 Å². The van der Waals surface area contributed by atoms with E-state index in [1.54, 1.807) is 0 Å². The topological polar surface area (TPSA) is 17.1 Å². The largest absolute Gasteiger partial charge is 0.294 e. The highest BCUT2D eigenvalue weighted by molar-refractivity contribution is 9.10. The fourth-order valence-electron chi connectivity index (χ4n) is 2.42. The first kappa shape index (κ1) is 15.2. The Morgan fingerprint density at radius 3 is 2.45 bits per heavy atom. The van der Waals surface area contributed by atoms with Gasteiger partial charge in [0.25, 0.3) is 0 Å². The lowest BCUT2D eigenvalue weighted by Crippen LogP contribution is -1.98. The highest BCUT2D eigenvalue weighted by atomic mass is 79.9. The van der Waals surface area contributed by atoms with Gasteiger partial charge in [0.2, 0.25) is 0 Å². The van der Waals surface area contributed by atoms with Crippen molar-refractivity contribution in [1.29, 1.82) is 0 Å². The van der Waals surface area contributed by atoms with Crippen LogP contribution in [0.2, 0.25) is 0 Å². The summed E-state index contributed by atoms with van der Waals surface area (Å²) in [6, 6.07) is 12.1. The average Bonchev–Trinajstić information content (AvgIpc) is 2.46. The van der Waals surface area contributed by atoms with Crippen LogP contribution in [0.5, 0.6) is 0 Å². The van der Waals surface area contributed by atoms with Crippen LogP contribution in [-0.4, -0.2) is 5.78 Å². The summed E-state index contributed by atoms with van der Waals surface area (Å²) in [5.74, 6) is 0.270. The molecule has 0 fully saturated rings.